The third-order valence-corrected chi connectivity index (χ3v) is 2.15. The summed E-state index contributed by atoms with van der Waals surface area (Å²) in [6.07, 6.45) is 0. The third-order valence-electron chi connectivity index (χ3n) is 1.42. The van der Waals surface area contributed by atoms with Crippen molar-refractivity contribution < 1.29 is 4.79 Å². The van der Waals surface area contributed by atoms with Gasteiger partial charge in [-0.2, -0.15) is 0 Å². The average molecular weight is 223 g/mol. The minimum atomic E-state index is -0.512. The molecule has 0 aliphatic heterocycles. The molecule has 0 saturated heterocycles. The minimum Gasteiger partial charge on any atom is -0.276 e. The summed E-state index contributed by atoms with van der Waals surface area (Å²) < 4.78 is 0. The topological polar surface area (TPSA) is 17.1 Å². The molecular weight excluding hydrogens is 218 g/mol. The maximum Gasteiger partial charge on any atom is 0.252 e. The summed E-state index contributed by atoms with van der Waals surface area (Å²) in [5.74, 6) is 0.231. The summed E-state index contributed by atoms with van der Waals surface area (Å²) >= 11 is 16.6. The fourth-order valence-corrected chi connectivity index (χ4v) is 1.46. The van der Waals surface area contributed by atoms with E-state index in [0.717, 1.165) is 0 Å². The second-order valence-corrected chi connectivity index (χ2v) is 3.26. The first-order valence-corrected chi connectivity index (χ1v) is 4.48. The largest absolute Gasteiger partial charge is 0.276 e. The molecule has 0 unspecified atom stereocenters. The Bertz CT molecular complexity index is 309. The molecule has 1 aromatic carbocycles. The molecule has 0 atom stereocenters. The van der Waals surface area contributed by atoms with E-state index in [1.54, 1.807) is 18.2 Å². The van der Waals surface area contributed by atoms with Crippen molar-refractivity contribution in [3.05, 3.63) is 34.3 Å². The molecule has 0 heterocycles. The van der Waals surface area contributed by atoms with Crippen LogP contribution in [0.25, 0.3) is 0 Å². The van der Waals surface area contributed by atoms with Crippen LogP contribution < -0.4 is 0 Å². The van der Waals surface area contributed by atoms with Crippen molar-refractivity contribution in [3.8, 4) is 0 Å². The Labute approximate surface area is 85.2 Å². The van der Waals surface area contributed by atoms with Crippen LogP contribution in [-0.4, -0.2) is 5.24 Å². The number of alkyl halides is 1. The maximum absolute atomic E-state index is 10.8. The molecule has 0 saturated carbocycles. The number of halogens is 3. The number of hydrogen-bond donors (Lipinski definition) is 0. The first-order chi connectivity index (χ1) is 5.65. The molecule has 12 heavy (non-hydrogen) atoms. The van der Waals surface area contributed by atoms with Crippen LogP contribution in [0.4, 0.5) is 0 Å². The molecule has 0 fully saturated rings. The predicted octanol–water partition coefficient (Wildman–Crippen LogP) is 3.46. The summed E-state index contributed by atoms with van der Waals surface area (Å²) in [7, 11) is 0. The van der Waals surface area contributed by atoms with Crippen molar-refractivity contribution in [2.45, 2.75) is 5.88 Å². The molecule has 0 spiro atoms. The SMILES string of the molecule is O=C(Cl)c1ccc(Cl)cc1CCl. The molecule has 1 rings (SSSR count). The zero-order valence-corrected chi connectivity index (χ0v) is 8.25. The van der Waals surface area contributed by atoms with Gasteiger partial charge in [-0.05, 0) is 35.4 Å². The van der Waals surface area contributed by atoms with Gasteiger partial charge in [0, 0.05) is 16.5 Å². The van der Waals surface area contributed by atoms with Crippen LogP contribution in [0.5, 0.6) is 0 Å². The highest BCUT2D eigenvalue weighted by Crippen LogP contribution is 2.19. The van der Waals surface area contributed by atoms with Crippen LogP contribution in [-0.2, 0) is 5.88 Å². The molecule has 0 bridgehead atoms. The summed E-state index contributed by atoms with van der Waals surface area (Å²) in [4.78, 5) is 10.8. The quantitative estimate of drug-likeness (QED) is 0.554. The van der Waals surface area contributed by atoms with Crippen LogP contribution in [0.3, 0.4) is 0 Å². The molecule has 4 heteroatoms. The van der Waals surface area contributed by atoms with Gasteiger partial charge in [0.15, 0.2) is 0 Å². The summed E-state index contributed by atoms with van der Waals surface area (Å²) in [5, 5.41) is 0.0367. The van der Waals surface area contributed by atoms with Crippen LogP contribution in [0, 0.1) is 0 Å². The molecule has 64 valence electrons. The Balaban J connectivity index is 3.20. The lowest BCUT2D eigenvalue weighted by Crippen LogP contribution is -1.94. The summed E-state index contributed by atoms with van der Waals surface area (Å²) in [6, 6.07) is 4.80. The van der Waals surface area contributed by atoms with E-state index in [4.69, 9.17) is 34.8 Å². The molecule has 0 aliphatic carbocycles. The van der Waals surface area contributed by atoms with E-state index in [9.17, 15) is 4.79 Å². The molecule has 0 amide bonds. The summed E-state index contributed by atoms with van der Waals surface area (Å²) in [6.45, 7) is 0. The summed E-state index contributed by atoms with van der Waals surface area (Å²) in [5.41, 5.74) is 1.07. The van der Waals surface area contributed by atoms with E-state index >= 15 is 0 Å². The van der Waals surface area contributed by atoms with E-state index in [1.165, 1.54) is 0 Å². The fraction of sp³-hybridized carbons (Fsp3) is 0.125. The normalized spacial score (nSPS) is 9.92. The van der Waals surface area contributed by atoms with E-state index in [2.05, 4.69) is 0 Å². The van der Waals surface area contributed by atoms with Crippen LogP contribution >= 0.6 is 34.8 Å². The zero-order valence-electron chi connectivity index (χ0n) is 5.98. The van der Waals surface area contributed by atoms with Gasteiger partial charge in [-0.1, -0.05) is 11.6 Å². The third kappa shape index (κ3) is 2.13. The fourth-order valence-electron chi connectivity index (χ4n) is 0.865. The van der Waals surface area contributed by atoms with Gasteiger partial charge in [0.2, 0.25) is 0 Å². The Kier molecular flexibility index (Phi) is 3.39. The lowest BCUT2D eigenvalue weighted by molar-refractivity contribution is 0.108. The molecule has 1 nitrogen and oxygen atoms in total. The zero-order chi connectivity index (χ0) is 9.14. The molecule has 0 N–H and O–H groups in total. The standard InChI is InChI=1S/C8H5Cl3O/c9-4-5-3-6(10)1-2-7(5)8(11)12/h1-3H,4H2. The van der Waals surface area contributed by atoms with E-state index in [0.29, 0.717) is 16.1 Å². The van der Waals surface area contributed by atoms with Crippen molar-refractivity contribution in [1.82, 2.24) is 0 Å². The van der Waals surface area contributed by atoms with Gasteiger partial charge in [0.1, 0.15) is 0 Å². The molecular formula is C8H5Cl3O. The van der Waals surface area contributed by atoms with Gasteiger partial charge in [-0.25, -0.2) is 0 Å². The van der Waals surface area contributed by atoms with E-state index in [-0.39, 0.29) is 5.88 Å². The van der Waals surface area contributed by atoms with Crippen molar-refractivity contribution in [3.63, 3.8) is 0 Å². The highest BCUT2D eigenvalue weighted by molar-refractivity contribution is 6.68. The lowest BCUT2D eigenvalue weighted by Gasteiger charge is -2.01. The Morgan fingerprint density at radius 1 is 1.42 bits per heavy atom. The van der Waals surface area contributed by atoms with Crippen LogP contribution in [0.1, 0.15) is 15.9 Å². The number of rotatable bonds is 2. The monoisotopic (exact) mass is 222 g/mol. The van der Waals surface area contributed by atoms with Gasteiger partial charge >= 0.3 is 0 Å². The molecule has 1 aromatic rings. The van der Waals surface area contributed by atoms with Gasteiger partial charge < -0.3 is 0 Å². The number of carbonyl (C=O) groups excluding carboxylic acids is 1. The number of benzene rings is 1. The van der Waals surface area contributed by atoms with Crippen molar-refractivity contribution in [2.24, 2.45) is 0 Å². The number of carbonyl (C=O) groups is 1. The molecule has 0 radical (unpaired) electrons. The predicted molar refractivity (Wildman–Crippen MR) is 51.2 cm³/mol. The van der Waals surface area contributed by atoms with E-state index in [1.807, 2.05) is 0 Å². The molecule has 0 aliphatic rings. The second kappa shape index (κ2) is 4.13. The van der Waals surface area contributed by atoms with Crippen LogP contribution in [0.2, 0.25) is 5.02 Å². The minimum absolute atomic E-state index is 0.231. The van der Waals surface area contributed by atoms with Crippen molar-refractivity contribution in [1.29, 1.82) is 0 Å². The van der Waals surface area contributed by atoms with Gasteiger partial charge in [-0.15, -0.1) is 11.6 Å². The number of hydrogen-bond acceptors (Lipinski definition) is 1. The van der Waals surface area contributed by atoms with Crippen LogP contribution in [0.15, 0.2) is 18.2 Å². The maximum atomic E-state index is 10.8. The van der Waals surface area contributed by atoms with Crippen molar-refractivity contribution >= 4 is 40.0 Å². The highest BCUT2D eigenvalue weighted by Gasteiger charge is 2.07. The Morgan fingerprint density at radius 2 is 2.08 bits per heavy atom. The van der Waals surface area contributed by atoms with Gasteiger partial charge in [0.25, 0.3) is 5.24 Å². The Hall–Kier alpha value is -0.240. The Morgan fingerprint density at radius 3 is 2.58 bits per heavy atom. The average Bonchev–Trinajstić information content (AvgIpc) is 2.03. The molecule has 0 aromatic heterocycles. The second-order valence-electron chi connectivity index (χ2n) is 2.21. The lowest BCUT2D eigenvalue weighted by atomic mass is 10.1. The van der Waals surface area contributed by atoms with Gasteiger partial charge in [-0.3, -0.25) is 4.79 Å². The van der Waals surface area contributed by atoms with Gasteiger partial charge in [0.05, 0.1) is 0 Å². The first kappa shape index (κ1) is 9.85. The first-order valence-electron chi connectivity index (χ1n) is 3.19. The smallest absolute Gasteiger partial charge is 0.252 e. The van der Waals surface area contributed by atoms with E-state index < -0.39 is 5.24 Å². The highest BCUT2D eigenvalue weighted by atomic mass is 35.5. The van der Waals surface area contributed by atoms with Crippen molar-refractivity contribution in [2.75, 3.05) is 0 Å².